The summed E-state index contributed by atoms with van der Waals surface area (Å²) in [6.45, 7) is 8.29. The normalized spacial score (nSPS) is 24.5. The molecule has 1 N–H and O–H groups in total. The van der Waals surface area contributed by atoms with Gasteiger partial charge >= 0.3 is 0 Å². The molecule has 1 aliphatic rings. The number of halogens is 1. The molecule has 2 nitrogen and oxygen atoms in total. The highest BCUT2D eigenvalue weighted by Crippen LogP contribution is 2.51. The van der Waals surface area contributed by atoms with Crippen molar-refractivity contribution in [2.24, 2.45) is 11.3 Å². The lowest BCUT2D eigenvalue weighted by Crippen LogP contribution is -2.44. The summed E-state index contributed by atoms with van der Waals surface area (Å²) in [5.41, 5.74) is 0.0403. The number of alkyl halides is 1. The monoisotopic (exact) mass is 217 g/mol. The van der Waals surface area contributed by atoms with Gasteiger partial charge in [0.25, 0.3) is 0 Å². The van der Waals surface area contributed by atoms with Crippen LogP contribution in [0.4, 0.5) is 0 Å². The van der Waals surface area contributed by atoms with E-state index in [1.807, 2.05) is 13.8 Å². The van der Waals surface area contributed by atoms with Crippen molar-refractivity contribution < 1.29 is 4.79 Å². The minimum Gasteiger partial charge on any atom is -0.351 e. The maximum Gasteiger partial charge on any atom is 0.224 e. The molecule has 1 saturated carbocycles. The fraction of sp³-hybridized carbons (Fsp3) is 0.909. The molecule has 0 spiro atoms. The fourth-order valence-electron chi connectivity index (χ4n) is 1.63. The van der Waals surface area contributed by atoms with E-state index in [0.717, 1.165) is 12.8 Å². The second-order valence-electron chi connectivity index (χ2n) is 5.56. The average molecular weight is 218 g/mol. The summed E-state index contributed by atoms with van der Waals surface area (Å²) in [5, 5.41) is 3.05. The molecule has 1 rings (SSSR count). The van der Waals surface area contributed by atoms with E-state index in [4.69, 9.17) is 11.6 Å². The topological polar surface area (TPSA) is 29.1 Å². The average Bonchev–Trinajstić information content (AvgIpc) is 2.58. The molecule has 0 aliphatic heterocycles. The molecule has 0 aromatic carbocycles. The SMILES string of the molecule is CC(C)(CCCl)NC(=O)C1CC1(C)C. The zero-order chi connectivity index (χ0) is 11.0. The van der Waals surface area contributed by atoms with Crippen molar-refractivity contribution in [3.63, 3.8) is 0 Å². The van der Waals surface area contributed by atoms with Gasteiger partial charge in [0, 0.05) is 17.3 Å². The summed E-state index contributed by atoms with van der Waals surface area (Å²) in [6.07, 6.45) is 1.82. The molecule has 1 atom stereocenters. The lowest BCUT2D eigenvalue weighted by Gasteiger charge is -2.25. The van der Waals surface area contributed by atoms with Gasteiger partial charge in [0.05, 0.1) is 0 Å². The largest absolute Gasteiger partial charge is 0.351 e. The summed E-state index contributed by atoms with van der Waals surface area (Å²) in [6, 6.07) is 0. The Balaban J connectivity index is 2.42. The van der Waals surface area contributed by atoms with Crippen LogP contribution in [-0.2, 0) is 4.79 Å². The van der Waals surface area contributed by atoms with Crippen molar-refractivity contribution in [1.29, 1.82) is 0 Å². The van der Waals surface area contributed by atoms with Crippen molar-refractivity contribution in [3.8, 4) is 0 Å². The molecule has 3 heteroatoms. The fourth-order valence-corrected chi connectivity index (χ4v) is 2.11. The number of nitrogens with one attached hydrogen (secondary N) is 1. The molecule has 14 heavy (non-hydrogen) atoms. The maximum absolute atomic E-state index is 11.8. The molecule has 82 valence electrons. The number of amides is 1. The number of hydrogen-bond acceptors (Lipinski definition) is 1. The van der Waals surface area contributed by atoms with Crippen molar-refractivity contribution in [2.75, 3.05) is 5.88 Å². The third kappa shape index (κ3) is 2.88. The van der Waals surface area contributed by atoms with Gasteiger partial charge in [-0.25, -0.2) is 0 Å². The van der Waals surface area contributed by atoms with Crippen molar-refractivity contribution in [2.45, 2.75) is 46.1 Å². The second kappa shape index (κ2) is 3.73. The van der Waals surface area contributed by atoms with Gasteiger partial charge in [0.15, 0.2) is 0 Å². The second-order valence-corrected chi connectivity index (χ2v) is 5.94. The summed E-state index contributed by atoms with van der Waals surface area (Å²) < 4.78 is 0. The Morgan fingerprint density at radius 1 is 1.57 bits per heavy atom. The minimum absolute atomic E-state index is 0.169. The van der Waals surface area contributed by atoms with Gasteiger partial charge in [-0.2, -0.15) is 0 Å². The summed E-state index contributed by atoms with van der Waals surface area (Å²) in [5.74, 6) is 0.976. The lowest BCUT2D eigenvalue weighted by atomic mass is 10.0. The Morgan fingerprint density at radius 3 is 2.43 bits per heavy atom. The van der Waals surface area contributed by atoms with E-state index in [9.17, 15) is 4.79 Å². The van der Waals surface area contributed by atoms with Gasteiger partial charge in [-0.15, -0.1) is 11.6 Å². The van der Waals surface area contributed by atoms with E-state index >= 15 is 0 Å². The zero-order valence-electron chi connectivity index (χ0n) is 9.48. The Bertz CT molecular complexity index is 235. The predicted octanol–water partition coefficient (Wildman–Crippen LogP) is 2.56. The molecule has 0 radical (unpaired) electrons. The van der Waals surface area contributed by atoms with E-state index in [1.54, 1.807) is 0 Å². The van der Waals surface area contributed by atoms with Crippen LogP contribution in [-0.4, -0.2) is 17.3 Å². The summed E-state index contributed by atoms with van der Waals surface area (Å²) in [4.78, 5) is 11.8. The third-order valence-electron chi connectivity index (χ3n) is 3.01. The van der Waals surface area contributed by atoms with Crippen LogP contribution < -0.4 is 5.32 Å². The van der Waals surface area contributed by atoms with Crippen molar-refractivity contribution in [1.82, 2.24) is 5.32 Å². The molecule has 1 aliphatic carbocycles. The first-order chi connectivity index (χ1) is 6.28. The first-order valence-corrected chi connectivity index (χ1v) is 5.70. The molecule has 0 aromatic rings. The van der Waals surface area contributed by atoms with Crippen LogP contribution in [0.25, 0.3) is 0 Å². The Morgan fingerprint density at radius 2 is 2.07 bits per heavy atom. The van der Waals surface area contributed by atoms with Gasteiger partial charge in [0.1, 0.15) is 0 Å². The first kappa shape index (κ1) is 11.8. The van der Waals surface area contributed by atoms with Crippen LogP contribution in [0.1, 0.15) is 40.5 Å². The molecule has 1 fully saturated rings. The minimum atomic E-state index is -0.169. The van der Waals surface area contributed by atoms with Gasteiger partial charge in [-0.05, 0) is 32.1 Å². The molecule has 1 amide bonds. The first-order valence-electron chi connectivity index (χ1n) is 5.16. The molecule has 0 heterocycles. The van der Waals surface area contributed by atoms with Gasteiger partial charge in [-0.1, -0.05) is 13.8 Å². The number of hydrogen-bond donors (Lipinski definition) is 1. The van der Waals surface area contributed by atoms with Gasteiger partial charge in [0.2, 0.25) is 5.91 Å². The Labute approximate surface area is 91.4 Å². The van der Waals surface area contributed by atoms with Crippen molar-refractivity contribution in [3.05, 3.63) is 0 Å². The third-order valence-corrected chi connectivity index (χ3v) is 3.20. The molecule has 0 saturated heterocycles. The summed E-state index contributed by atoms with van der Waals surface area (Å²) in [7, 11) is 0. The quantitative estimate of drug-likeness (QED) is 0.721. The summed E-state index contributed by atoms with van der Waals surface area (Å²) >= 11 is 5.67. The molecule has 1 unspecified atom stereocenters. The smallest absolute Gasteiger partial charge is 0.224 e. The lowest BCUT2D eigenvalue weighted by molar-refractivity contribution is -0.124. The highest BCUT2D eigenvalue weighted by molar-refractivity contribution is 6.17. The maximum atomic E-state index is 11.8. The molecular weight excluding hydrogens is 198 g/mol. The van der Waals surface area contributed by atoms with Crippen LogP contribution in [0.3, 0.4) is 0 Å². The van der Waals surface area contributed by atoms with E-state index in [0.29, 0.717) is 5.88 Å². The van der Waals surface area contributed by atoms with Crippen LogP contribution in [0.15, 0.2) is 0 Å². The Hall–Kier alpha value is -0.240. The molecule has 0 aromatic heterocycles. The van der Waals surface area contributed by atoms with Crippen LogP contribution in [0.5, 0.6) is 0 Å². The van der Waals surface area contributed by atoms with E-state index in [1.165, 1.54) is 0 Å². The Kier molecular flexibility index (Phi) is 3.15. The van der Waals surface area contributed by atoms with E-state index < -0.39 is 0 Å². The van der Waals surface area contributed by atoms with Crippen LogP contribution >= 0.6 is 11.6 Å². The molecule has 0 bridgehead atoms. The van der Waals surface area contributed by atoms with Gasteiger partial charge in [-0.3, -0.25) is 4.79 Å². The van der Waals surface area contributed by atoms with Gasteiger partial charge < -0.3 is 5.32 Å². The predicted molar refractivity (Wildman–Crippen MR) is 59.4 cm³/mol. The molecular formula is C11H20ClNO. The highest BCUT2D eigenvalue weighted by atomic mass is 35.5. The number of carbonyl (C=O) groups is 1. The highest BCUT2D eigenvalue weighted by Gasteiger charge is 2.51. The number of rotatable bonds is 4. The van der Waals surface area contributed by atoms with Crippen molar-refractivity contribution >= 4 is 17.5 Å². The zero-order valence-corrected chi connectivity index (χ0v) is 10.2. The van der Waals surface area contributed by atoms with E-state index in [-0.39, 0.29) is 22.8 Å². The number of carbonyl (C=O) groups excluding carboxylic acids is 1. The standard InChI is InChI=1S/C11H20ClNO/c1-10(2)7-8(10)9(14)13-11(3,4)5-6-12/h8H,5-7H2,1-4H3,(H,13,14). The van der Waals surface area contributed by atoms with E-state index in [2.05, 4.69) is 19.2 Å². The van der Waals surface area contributed by atoms with Crippen LogP contribution in [0.2, 0.25) is 0 Å². The van der Waals surface area contributed by atoms with Crippen LogP contribution in [0, 0.1) is 11.3 Å².